The molecule has 1 saturated carbocycles. The minimum Gasteiger partial charge on any atom is -0.352 e. The average molecular weight is 610 g/mol. The molecule has 1 aliphatic carbocycles. The molecule has 0 aliphatic heterocycles. The minimum absolute atomic E-state index is 0.0603. The van der Waals surface area contributed by atoms with Crippen molar-refractivity contribution in [2.45, 2.75) is 71.0 Å². The SMILES string of the molecule is Cc1ccc(CN(C(=O)CN(c2ccc(Cl)cc2C)S(C)(=O)=O)C(Cc2ccccc2)C(=O)NC2CCCCC2)cc1. The Kier molecular flexibility index (Phi) is 10.7. The summed E-state index contributed by atoms with van der Waals surface area (Å²) >= 11 is 6.14. The number of nitrogens with zero attached hydrogens (tertiary/aromatic N) is 2. The molecule has 0 heterocycles. The molecule has 0 saturated heterocycles. The number of hydrogen-bond acceptors (Lipinski definition) is 4. The molecule has 1 aliphatic rings. The fourth-order valence-electron chi connectivity index (χ4n) is 5.48. The van der Waals surface area contributed by atoms with Gasteiger partial charge in [0.2, 0.25) is 21.8 Å². The third-order valence-electron chi connectivity index (χ3n) is 7.80. The Balaban J connectivity index is 1.73. The van der Waals surface area contributed by atoms with E-state index in [1.165, 1.54) is 0 Å². The van der Waals surface area contributed by atoms with E-state index in [0.717, 1.165) is 59.4 Å². The third-order valence-corrected chi connectivity index (χ3v) is 9.16. The van der Waals surface area contributed by atoms with Gasteiger partial charge < -0.3 is 10.2 Å². The van der Waals surface area contributed by atoms with Crippen LogP contribution in [-0.2, 0) is 32.6 Å². The van der Waals surface area contributed by atoms with E-state index in [4.69, 9.17) is 11.6 Å². The lowest BCUT2D eigenvalue weighted by molar-refractivity contribution is -0.140. The molecule has 224 valence electrons. The smallest absolute Gasteiger partial charge is 0.244 e. The van der Waals surface area contributed by atoms with Crippen LogP contribution < -0.4 is 9.62 Å². The molecule has 2 amide bonds. The maximum atomic E-state index is 14.3. The highest BCUT2D eigenvalue weighted by Crippen LogP contribution is 2.27. The number of rotatable bonds is 11. The maximum absolute atomic E-state index is 14.3. The Hall–Kier alpha value is -3.36. The lowest BCUT2D eigenvalue weighted by Crippen LogP contribution is -2.55. The molecule has 3 aromatic carbocycles. The van der Waals surface area contributed by atoms with Gasteiger partial charge >= 0.3 is 0 Å². The van der Waals surface area contributed by atoms with E-state index in [-0.39, 0.29) is 18.5 Å². The molecule has 0 bridgehead atoms. The molecule has 0 spiro atoms. The Bertz CT molecular complexity index is 1470. The molecule has 7 nitrogen and oxygen atoms in total. The lowest BCUT2D eigenvalue weighted by Gasteiger charge is -2.35. The molecule has 1 atom stereocenters. The first-order chi connectivity index (χ1) is 20.0. The number of anilines is 1. The molecule has 42 heavy (non-hydrogen) atoms. The first-order valence-electron chi connectivity index (χ1n) is 14.4. The summed E-state index contributed by atoms with van der Waals surface area (Å²) in [5, 5.41) is 3.69. The zero-order valence-corrected chi connectivity index (χ0v) is 26.1. The van der Waals surface area contributed by atoms with E-state index >= 15 is 0 Å². The Morgan fingerprint density at radius 2 is 1.60 bits per heavy atom. The third kappa shape index (κ3) is 8.58. The van der Waals surface area contributed by atoms with Crippen LogP contribution >= 0.6 is 11.6 Å². The molecule has 9 heteroatoms. The lowest BCUT2D eigenvalue weighted by atomic mass is 9.94. The van der Waals surface area contributed by atoms with Gasteiger partial charge in [0.15, 0.2) is 0 Å². The number of aryl methyl sites for hydroxylation is 2. The second-order valence-corrected chi connectivity index (χ2v) is 13.6. The highest BCUT2D eigenvalue weighted by atomic mass is 35.5. The number of sulfonamides is 1. The van der Waals surface area contributed by atoms with Gasteiger partial charge in [0, 0.05) is 24.0 Å². The summed E-state index contributed by atoms with van der Waals surface area (Å²) in [5.41, 5.74) is 3.84. The van der Waals surface area contributed by atoms with Gasteiger partial charge in [-0.05, 0) is 61.6 Å². The van der Waals surface area contributed by atoms with Gasteiger partial charge in [0.05, 0.1) is 11.9 Å². The molecular formula is C33H40ClN3O4S. The maximum Gasteiger partial charge on any atom is 0.244 e. The predicted octanol–water partition coefficient (Wildman–Crippen LogP) is 5.81. The fraction of sp³-hybridized carbons (Fsp3) is 0.394. The highest BCUT2D eigenvalue weighted by Gasteiger charge is 2.34. The Morgan fingerprint density at radius 1 is 0.929 bits per heavy atom. The van der Waals surface area contributed by atoms with Crippen molar-refractivity contribution in [1.29, 1.82) is 0 Å². The summed E-state index contributed by atoms with van der Waals surface area (Å²) < 4.78 is 27.1. The molecule has 4 rings (SSSR count). The summed E-state index contributed by atoms with van der Waals surface area (Å²) in [7, 11) is -3.85. The van der Waals surface area contributed by atoms with Crippen molar-refractivity contribution >= 4 is 39.1 Å². The molecule has 1 unspecified atom stereocenters. The van der Waals surface area contributed by atoms with Crippen molar-refractivity contribution in [3.05, 3.63) is 100 Å². The predicted molar refractivity (Wildman–Crippen MR) is 169 cm³/mol. The van der Waals surface area contributed by atoms with E-state index in [2.05, 4.69) is 5.32 Å². The zero-order chi connectivity index (χ0) is 30.3. The van der Waals surface area contributed by atoms with Gasteiger partial charge in [-0.25, -0.2) is 8.42 Å². The van der Waals surface area contributed by atoms with Crippen LogP contribution in [-0.4, -0.2) is 50.0 Å². The van der Waals surface area contributed by atoms with Crippen molar-refractivity contribution < 1.29 is 18.0 Å². The van der Waals surface area contributed by atoms with Crippen LogP contribution in [0.3, 0.4) is 0 Å². The second-order valence-electron chi connectivity index (χ2n) is 11.3. The zero-order valence-electron chi connectivity index (χ0n) is 24.6. The minimum atomic E-state index is -3.85. The average Bonchev–Trinajstić information content (AvgIpc) is 2.95. The van der Waals surface area contributed by atoms with Crippen molar-refractivity contribution in [3.8, 4) is 0 Å². The van der Waals surface area contributed by atoms with Crippen LogP contribution in [0, 0.1) is 13.8 Å². The standard InChI is InChI=1S/C33H40ClN3O4S/c1-24-14-16-27(17-15-24)22-36(32(38)23-37(42(3,40)41)30-19-18-28(34)20-25(30)2)31(21-26-10-6-4-7-11-26)33(39)35-29-12-8-5-9-13-29/h4,6-7,10-11,14-20,29,31H,5,8-9,12-13,21-23H2,1-3H3,(H,35,39). The molecule has 0 aromatic heterocycles. The quantitative estimate of drug-likeness (QED) is 0.297. The number of nitrogens with one attached hydrogen (secondary N) is 1. The van der Waals surface area contributed by atoms with Gasteiger partial charge in [0.1, 0.15) is 12.6 Å². The van der Waals surface area contributed by atoms with E-state index in [1.54, 1.807) is 30.0 Å². The fourth-order valence-corrected chi connectivity index (χ4v) is 6.62. The summed E-state index contributed by atoms with van der Waals surface area (Å²) in [6.07, 6.45) is 6.48. The van der Waals surface area contributed by atoms with Gasteiger partial charge in [-0.15, -0.1) is 0 Å². The van der Waals surface area contributed by atoms with Gasteiger partial charge in [-0.3, -0.25) is 13.9 Å². The van der Waals surface area contributed by atoms with E-state index in [9.17, 15) is 18.0 Å². The normalized spacial score (nSPS) is 14.7. The van der Waals surface area contributed by atoms with E-state index in [0.29, 0.717) is 22.7 Å². The van der Waals surface area contributed by atoms with Crippen LogP contribution in [0.15, 0.2) is 72.8 Å². The molecule has 3 aromatic rings. The summed E-state index contributed by atoms with van der Waals surface area (Å²) in [5.74, 6) is -0.685. The number of carbonyl (C=O) groups excluding carboxylic acids is 2. The monoisotopic (exact) mass is 609 g/mol. The number of halogens is 1. The first-order valence-corrected chi connectivity index (χ1v) is 16.7. The Morgan fingerprint density at radius 3 is 2.21 bits per heavy atom. The van der Waals surface area contributed by atoms with Gasteiger partial charge in [0.25, 0.3) is 0 Å². The molecular weight excluding hydrogens is 570 g/mol. The topological polar surface area (TPSA) is 86.8 Å². The number of carbonyl (C=O) groups is 2. The summed E-state index contributed by atoms with van der Waals surface area (Å²) in [6.45, 7) is 3.45. The van der Waals surface area contributed by atoms with Crippen molar-refractivity contribution in [3.63, 3.8) is 0 Å². The summed E-state index contributed by atoms with van der Waals surface area (Å²) in [6, 6.07) is 21.5. The van der Waals surface area contributed by atoms with Gasteiger partial charge in [-0.1, -0.05) is 91.0 Å². The van der Waals surface area contributed by atoms with Crippen LogP contribution in [0.5, 0.6) is 0 Å². The van der Waals surface area contributed by atoms with Crippen molar-refractivity contribution in [2.24, 2.45) is 0 Å². The second kappa shape index (κ2) is 14.2. The molecule has 0 radical (unpaired) electrons. The first kappa shape index (κ1) is 31.6. The van der Waals surface area contributed by atoms with Gasteiger partial charge in [-0.2, -0.15) is 0 Å². The molecule has 1 fully saturated rings. The number of amides is 2. The largest absolute Gasteiger partial charge is 0.352 e. The van der Waals surface area contributed by atoms with Crippen molar-refractivity contribution in [2.75, 3.05) is 17.1 Å². The highest BCUT2D eigenvalue weighted by molar-refractivity contribution is 7.92. The van der Waals surface area contributed by atoms with E-state index < -0.39 is 28.5 Å². The molecule has 1 N–H and O–H groups in total. The Labute approximate surface area is 254 Å². The summed E-state index contributed by atoms with van der Waals surface area (Å²) in [4.78, 5) is 29.8. The van der Waals surface area contributed by atoms with Crippen LogP contribution in [0.4, 0.5) is 5.69 Å². The van der Waals surface area contributed by atoms with Crippen LogP contribution in [0.1, 0.15) is 54.4 Å². The number of benzene rings is 3. The van der Waals surface area contributed by atoms with Crippen molar-refractivity contribution in [1.82, 2.24) is 10.2 Å². The van der Waals surface area contributed by atoms with E-state index in [1.807, 2.05) is 61.5 Å². The number of hydrogen-bond donors (Lipinski definition) is 1. The van der Waals surface area contributed by atoms with Crippen LogP contribution in [0.25, 0.3) is 0 Å². The van der Waals surface area contributed by atoms with Crippen LogP contribution in [0.2, 0.25) is 5.02 Å².